The molecule has 0 aliphatic heterocycles. The molecule has 1 atom stereocenters. The summed E-state index contributed by atoms with van der Waals surface area (Å²) in [7, 11) is 1.98. The van der Waals surface area contributed by atoms with Crippen molar-refractivity contribution in [2.45, 2.75) is 52.6 Å². The van der Waals surface area contributed by atoms with E-state index >= 15 is 0 Å². The van der Waals surface area contributed by atoms with Crippen LogP contribution in [0.1, 0.15) is 50.7 Å². The molecular formula is C16H26ClNO. The lowest BCUT2D eigenvalue weighted by Gasteiger charge is -2.19. The summed E-state index contributed by atoms with van der Waals surface area (Å²) in [4.78, 5) is 0. The highest BCUT2D eigenvalue weighted by molar-refractivity contribution is 6.31. The molecule has 3 heteroatoms. The molecule has 1 N–H and O–H groups in total. The van der Waals surface area contributed by atoms with Crippen LogP contribution in [-0.2, 0) is 0 Å². The van der Waals surface area contributed by atoms with Crippen molar-refractivity contribution in [2.75, 3.05) is 13.6 Å². The van der Waals surface area contributed by atoms with E-state index in [1.807, 2.05) is 20.0 Å². The van der Waals surface area contributed by atoms with Gasteiger partial charge in [-0.2, -0.15) is 0 Å². The molecule has 1 aromatic carbocycles. The lowest BCUT2D eigenvalue weighted by atomic mass is 10.0. The SMILES string of the molecule is CNCCCC(C)Oc1cc(C(C)C)c(Cl)cc1C. The smallest absolute Gasteiger partial charge is 0.122 e. The van der Waals surface area contributed by atoms with Gasteiger partial charge in [0.25, 0.3) is 0 Å². The van der Waals surface area contributed by atoms with Crippen LogP contribution in [0.15, 0.2) is 12.1 Å². The van der Waals surface area contributed by atoms with Gasteiger partial charge in [-0.3, -0.25) is 0 Å². The summed E-state index contributed by atoms with van der Waals surface area (Å²) in [5.74, 6) is 1.38. The molecule has 1 unspecified atom stereocenters. The maximum atomic E-state index is 6.27. The minimum Gasteiger partial charge on any atom is -0.490 e. The first-order valence-corrected chi connectivity index (χ1v) is 7.44. The summed E-state index contributed by atoms with van der Waals surface area (Å²) in [6.07, 6.45) is 2.41. The predicted octanol–water partition coefficient (Wildman–Crippen LogP) is 4.54. The van der Waals surface area contributed by atoms with Gasteiger partial charge in [-0.25, -0.2) is 0 Å². The van der Waals surface area contributed by atoms with Crippen molar-refractivity contribution in [3.8, 4) is 5.75 Å². The molecule has 0 bridgehead atoms. The fraction of sp³-hybridized carbons (Fsp3) is 0.625. The number of nitrogens with one attached hydrogen (secondary N) is 1. The van der Waals surface area contributed by atoms with Crippen molar-refractivity contribution >= 4 is 11.6 Å². The van der Waals surface area contributed by atoms with Crippen LogP contribution in [0.5, 0.6) is 5.75 Å². The van der Waals surface area contributed by atoms with Gasteiger partial charge in [-0.05, 0) is 69.5 Å². The van der Waals surface area contributed by atoms with E-state index in [1.165, 1.54) is 0 Å². The average Bonchev–Trinajstić information content (AvgIpc) is 2.32. The van der Waals surface area contributed by atoms with E-state index in [-0.39, 0.29) is 6.10 Å². The number of ether oxygens (including phenoxy) is 1. The van der Waals surface area contributed by atoms with Crippen molar-refractivity contribution in [3.05, 3.63) is 28.3 Å². The summed E-state index contributed by atoms with van der Waals surface area (Å²) in [5, 5.41) is 3.99. The van der Waals surface area contributed by atoms with Gasteiger partial charge in [0.1, 0.15) is 5.75 Å². The number of rotatable bonds is 7. The highest BCUT2D eigenvalue weighted by Crippen LogP contribution is 2.32. The molecule has 0 aliphatic rings. The van der Waals surface area contributed by atoms with Crippen molar-refractivity contribution in [1.29, 1.82) is 0 Å². The van der Waals surface area contributed by atoms with Crippen LogP contribution in [0, 0.1) is 6.92 Å². The third-order valence-electron chi connectivity index (χ3n) is 3.28. The molecule has 1 aromatic rings. The third kappa shape index (κ3) is 5.04. The van der Waals surface area contributed by atoms with Gasteiger partial charge in [0, 0.05) is 5.02 Å². The van der Waals surface area contributed by atoms with Crippen LogP contribution in [0.4, 0.5) is 0 Å². The van der Waals surface area contributed by atoms with Gasteiger partial charge in [-0.15, -0.1) is 0 Å². The van der Waals surface area contributed by atoms with Crippen LogP contribution in [0.3, 0.4) is 0 Å². The molecule has 1 rings (SSSR count). The van der Waals surface area contributed by atoms with E-state index in [2.05, 4.69) is 32.2 Å². The Labute approximate surface area is 122 Å². The number of aryl methyl sites for hydroxylation is 1. The molecule has 0 saturated heterocycles. The fourth-order valence-corrected chi connectivity index (χ4v) is 2.52. The van der Waals surface area contributed by atoms with Crippen molar-refractivity contribution < 1.29 is 4.74 Å². The molecule has 0 spiro atoms. The first kappa shape index (κ1) is 16.3. The van der Waals surface area contributed by atoms with Crippen LogP contribution in [0.25, 0.3) is 0 Å². The molecule has 0 aliphatic carbocycles. The maximum Gasteiger partial charge on any atom is 0.122 e. The summed E-state index contributed by atoms with van der Waals surface area (Å²) in [6, 6.07) is 4.10. The van der Waals surface area contributed by atoms with Crippen LogP contribution < -0.4 is 10.1 Å². The Morgan fingerprint density at radius 3 is 2.53 bits per heavy atom. The van der Waals surface area contributed by atoms with Crippen molar-refractivity contribution in [2.24, 2.45) is 0 Å². The topological polar surface area (TPSA) is 21.3 Å². The molecular weight excluding hydrogens is 258 g/mol. The minimum absolute atomic E-state index is 0.230. The van der Waals surface area contributed by atoms with Gasteiger partial charge in [0.05, 0.1) is 6.10 Å². The second-order valence-electron chi connectivity index (χ2n) is 5.47. The van der Waals surface area contributed by atoms with Gasteiger partial charge < -0.3 is 10.1 Å². The highest BCUT2D eigenvalue weighted by Gasteiger charge is 2.12. The molecule has 0 aromatic heterocycles. The Hall–Kier alpha value is -0.730. The maximum absolute atomic E-state index is 6.27. The zero-order chi connectivity index (χ0) is 14.4. The van der Waals surface area contributed by atoms with E-state index in [1.54, 1.807) is 0 Å². The summed E-state index contributed by atoms with van der Waals surface area (Å²) in [5.41, 5.74) is 2.26. The van der Waals surface area contributed by atoms with E-state index in [0.29, 0.717) is 5.92 Å². The standard InChI is InChI=1S/C16H26ClNO/c1-11(2)14-10-16(12(3)9-15(14)17)19-13(4)7-6-8-18-5/h9-11,13,18H,6-8H2,1-5H3. The van der Waals surface area contributed by atoms with Gasteiger partial charge in [0.2, 0.25) is 0 Å². The molecule has 0 heterocycles. The highest BCUT2D eigenvalue weighted by atomic mass is 35.5. The summed E-state index contributed by atoms with van der Waals surface area (Å²) < 4.78 is 6.05. The first-order chi connectivity index (χ1) is 8.95. The van der Waals surface area contributed by atoms with Gasteiger partial charge in [0.15, 0.2) is 0 Å². The monoisotopic (exact) mass is 283 g/mol. The van der Waals surface area contributed by atoms with Gasteiger partial charge >= 0.3 is 0 Å². The largest absolute Gasteiger partial charge is 0.490 e. The minimum atomic E-state index is 0.230. The van der Waals surface area contributed by atoms with Crippen molar-refractivity contribution in [1.82, 2.24) is 5.32 Å². The van der Waals surface area contributed by atoms with Gasteiger partial charge in [-0.1, -0.05) is 25.4 Å². The Morgan fingerprint density at radius 1 is 1.26 bits per heavy atom. The first-order valence-electron chi connectivity index (χ1n) is 7.07. The fourth-order valence-electron chi connectivity index (χ4n) is 2.08. The molecule has 0 amide bonds. The van der Waals surface area contributed by atoms with E-state index < -0.39 is 0 Å². The van der Waals surface area contributed by atoms with Crippen LogP contribution in [-0.4, -0.2) is 19.7 Å². The average molecular weight is 284 g/mol. The Kier molecular flexibility index (Phi) is 6.67. The summed E-state index contributed by atoms with van der Waals surface area (Å²) in [6.45, 7) is 9.50. The molecule has 108 valence electrons. The number of hydrogen-bond donors (Lipinski definition) is 1. The van der Waals surface area contributed by atoms with E-state index in [4.69, 9.17) is 16.3 Å². The zero-order valence-electron chi connectivity index (χ0n) is 12.7. The molecule has 0 saturated carbocycles. The second-order valence-corrected chi connectivity index (χ2v) is 5.88. The third-order valence-corrected chi connectivity index (χ3v) is 3.61. The van der Waals surface area contributed by atoms with Crippen LogP contribution >= 0.6 is 11.6 Å². The second kappa shape index (κ2) is 7.76. The van der Waals surface area contributed by atoms with E-state index in [0.717, 1.165) is 41.3 Å². The molecule has 2 nitrogen and oxygen atoms in total. The van der Waals surface area contributed by atoms with E-state index in [9.17, 15) is 0 Å². The Bertz CT molecular complexity index is 404. The quantitative estimate of drug-likeness (QED) is 0.742. The Morgan fingerprint density at radius 2 is 1.95 bits per heavy atom. The zero-order valence-corrected chi connectivity index (χ0v) is 13.5. The normalized spacial score (nSPS) is 12.8. The van der Waals surface area contributed by atoms with Crippen molar-refractivity contribution in [3.63, 3.8) is 0 Å². The van der Waals surface area contributed by atoms with Crippen LogP contribution in [0.2, 0.25) is 5.02 Å². The Balaban J connectivity index is 2.74. The number of halogens is 1. The number of benzene rings is 1. The number of hydrogen-bond acceptors (Lipinski definition) is 2. The molecule has 0 fully saturated rings. The molecule has 19 heavy (non-hydrogen) atoms. The lowest BCUT2D eigenvalue weighted by molar-refractivity contribution is 0.206. The predicted molar refractivity (Wildman–Crippen MR) is 83.5 cm³/mol. The summed E-state index contributed by atoms with van der Waals surface area (Å²) >= 11 is 6.27. The lowest BCUT2D eigenvalue weighted by Crippen LogP contribution is -2.16. The molecule has 0 radical (unpaired) electrons.